The number of rotatable bonds is 4. The van der Waals surface area contributed by atoms with Crippen molar-refractivity contribution in [2.45, 2.75) is 38.1 Å². The van der Waals surface area contributed by atoms with Crippen LogP contribution >= 0.6 is 0 Å². The molecule has 2 saturated heterocycles. The molecule has 0 N–H and O–H groups in total. The molecule has 0 saturated carbocycles. The Morgan fingerprint density at radius 2 is 1.87 bits per heavy atom. The van der Waals surface area contributed by atoms with E-state index in [1.54, 1.807) is 0 Å². The number of likely N-dealkylation sites (tertiary alicyclic amines) is 1. The van der Waals surface area contributed by atoms with Gasteiger partial charge in [-0.2, -0.15) is 5.10 Å². The van der Waals surface area contributed by atoms with E-state index >= 15 is 0 Å². The number of hydrogen-bond acceptors (Lipinski definition) is 4. The minimum absolute atomic E-state index is 0.0634. The van der Waals surface area contributed by atoms with Crippen molar-refractivity contribution < 1.29 is 9.47 Å². The minimum Gasteiger partial charge on any atom is -0.349 e. The van der Waals surface area contributed by atoms with E-state index in [1.165, 1.54) is 12.8 Å². The molecule has 2 aromatic rings. The van der Waals surface area contributed by atoms with E-state index in [1.807, 2.05) is 29.1 Å². The largest absolute Gasteiger partial charge is 0.349 e. The van der Waals surface area contributed by atoms with E-state index in [4.69, 9.17) is 14.6 Å². The summed E-state index contributed by atoms with van der Waals surface area (Å²) < 4.78 is 13.4. The first-order valence-electron chi connectivity index (χ1n) is 8.47. The van der Waals surface area contributed by atoms with Gasteiger partial charge in [0.2, 0.25) is 0 Å². The fourth-order valence-corrected chi connectivity index (χ4v) is 3.50. The summed E-state index contributed by atoms with van der Waals surface area (Å²) in [7, 11) is 0. The molecule has 0 spiro atoms. The zero-order valence-corrected chi connectivity index (χ0v) is 13.3. The molecule has 0 radical (unpaired) electrons. The topological polar surface area (TPSA) is 39.5 Å². The number of piperidine rings is 1. The maximum Gasteiger partial charge on any atom is 0.173 e. The van der Waals surface area contributed by atoms with Crippen LogP contribution in [0.25, 0.3) is 5.69 Å². The molecule has 1 unspecified atom stereocenters. The third kappa shape index (κ3) is 3.32. The smallest absolute Gasteiger partial charge is 0.173 e. The highest BCUT2D eigenvalue weighted by Crippen LogP contribution is 2.25. The van der Waals surface area contributed by atoms with Crippen LogP contribution in [0.3, 0.4) is 0 Å². The molecule has 1 atom stereocenters. The normalized spacial score (nSPS) is 23.4. The zero-order chi connectivity index (χ0) is 15.5. The van der Waals surface area contributed by atoms with Crippen LogP contribution in [0.5, 0.6) is 0 Å². The lowest BCUT2D eigenvalue weighted by Gasteiger charge is -2.37. The lowest BCUT2D eigenvalue weighted by atomic mass is 10.0. The molecule has 2 aliphatic rings. The van der Waals surface area contributed by atoms with Crippen molar-refractivity contribution in [3.63, 3.8) is 0 Å². The van der Waals surface area contributed by atoms with Gasteiger partial charge in [0.25, 0.3) is 0 Å². The summed E-state index contributed by atoms with van der Waals surface area (Å²) in [6.45, 7) is 3.38. The van der Waals surface area contributed by atoms with Crippen LogP contribution in [0.1, 0.15) is 25.0 Å². The molecule has 0 amide bonds. The molecule has 0 bridgehead atoms. The van der Waals surface area contributed by atoms with Gasteiger partial charge in [0.05, 0.1) is 30.6 Å². The van der Waals surface area contributed by atoms with Crippen molar-refractivity contribution in [2.75, 3.05) is 19.8 Å². The van der Waals surface area contributed by atoms with Gasteiger partial charge in [-0.15, -0.1) is 0 Å². The molecule has 5 nitrogen and oxygen atoms in total. The van der Waals surface area contributed by atoms with Gasteiger partial charge in [-0.05, 0) is 37.6 Å². The molecule has 1 aromatic carbocycles. The van der Waals surface area contributed by atoms with Crippen molar-refractivity contribution >= 4 is 0 Å². The third-order valence-electron chi connectivity index (χ3n) is 4.66. The quantitative estimate of drug-likeness (QED) is 0.870. The van der Waals surface area contributed by atoms with Crippen molar-refractivity contribution in [3.05, 3.63) is 48.3 Å². The summed E-state index contributed by atoms with van der Waals surface area (Å²) in [6, 6.07) is 12.7. The molecule has 122 valence electrons. The Morgan fingerprint density at radius 3 is 2.70 bits per heavy atom. The van der Waals surface area contributed by atoms with Crippen LogP contribution in [0.2, 0.25) is 0 Å². The summed E-state index contributed by atoms with van der Waals surface area (Å²) >= 11 is 0. The maximum absolute atomic E-state index is 5.75. The fraction of sp³-hybridized carbons (Fsp3) is 0.500. The number of hydrogen-bond donors (Lipinski definition) is 0. The first kappa shape index (κ1) is 14.9. The average Bonchev–Trinajstić information content (AvgIpc) is 3.28. The van der Waals surface area contributed by atoms with Crippen LogP contribution in [0.15, 0.2) is 42.6 Å². The van der Waals surface area contributed by atoms with Crippen molar-refractivity contribution in [2.24, 2.45) is 0 Å². The minimum atomic E-state index is -0.0634. The first-order chi connectivity index (χ1) is 11.4. The van der Waals surface area contributed by atoms with E-state index in [2.05, 4.69) is 23.1 Å². The van der Waals surface area contributed by atoms with Crippen molar-refractivity contribution in [3.8, 4) is 5.69 Å². The Balaban J connectivity index is 1.47. The second-order valence-corrected chi connectivity index (χ2v) is 6.23. The van der Waals surface area contributed by atoms with Crippen LogP contribution in [0.4, 0.5) is 0 Å². The predicted octanol–water partition coefficient (Wildman–Crippen LogP) is 2.60. The first-order valence-corrected chi connectivity index (χ1v) is 8.47. The van der Waals surface area contributed by atoms with E-state index < -0.39 is 0 Å². The molecule has 4 rings (SSSR count). The maximum atomic E-state index is 5.75. The third-order valence-corrected chi connectivity index (χ3v) is 4.66. The van der Waals surface area contributed by atoms with Gasteiger partial charge in [-0.3, -0.25) is 4.90 Å². The number of nitrogens with zero attached hydrogens (tertiary/aromatic N) is 3. The van der Waals surface area contributed by atoms with Gasteiger partial charge < -0.3 is 9.47 Å². The van der Waals surface area contributed by atoms with Gasteiger partial charge in [-0.1, -0.05) is 24.6 Å². The summed E-state index contributed by atoms with van der Waals surface area (Å²) in [5.74, 6) is 0. The molecule has 5 heteroatoms. The average molecular weight is 313 g/mol. The fourth-order valence-electron chi connectivity index (χ4n) is 3.50. The van der Waals surface area contributed by atoms with E-state index in [-0.39, 0.29) is 6.29 Å². The van der Waals surface area contributed by atoms with Crippen LogP contribution in [0, 0.1) is 0 Å². The van der Waals surface area contributed by atoms with Crippen LogP contribution in [-0.4, -0.2) is 46.8 Å². The Morgan fingerprint density at radius 1 is 1.04 bits per heavy atom. The Labute approximate surface area is 136 Å². The molecule has 2 fully saturated rings. The highest BCUT2D eigenvalue weighted by atomic mass is 16.7. The van der Waals surface area contributed by atoms with Crippen LogP contribution in [-0.2, 0) is 16.0 Å². The molecule has 3 heterocycles. The highest BCUT2D eigenvalue weighted by molar-refractivity contribution is 5.30. The second kappa shape index (κ2) is 6.83. The van der Waals surface area contributed by atoms with Crippen LogP contribution < -0.4 is 0 Å². The van der Waals surface area contributed by atoms with E-state index in [0.717, 1.165) is 44.1 Å². The van der Waals surface area contributed by atoms with E-state index in [9.17, 15) is 0 Å². The Kier molecular flexibility index (Phi) is 4.41. The van der Waals surface area contributed by atoms with Gasteiger partial charge in [0.15, 0.2) is 6.29 Å². The second-order valence-electron chi connectivity index (χ2n) is 6.23. The summed E-state index contributed by atoms with van der Waals surface area (Å²) in [5.41, 5.74) is 2.19. The molecule has 0 aliphatic carbocycles. The summed E-state index contributed by atoms with van der Waals surface area (Å²) in [4.78, 5) is 2.47. The standard InChI is InChI=1S/C18H23N3O2/c1-2-6-16(7-3-1)21-11-9-15(19-21)14-20-10-5-4-8-17(20)18-22-12-13-23-18/h1-3,6-7,9,11,17-18H,4-5,8,10,12-14H2. The van der Waals surface area contributed by atoms with Crippen molar-refractivity contribution in [1.82, 2.24) is 14.7 Å². The van der Waals surface area contributed by atoms with Gasteiger partial charge in [0, 0.05) is 12.7 Å². The molecular weight excluding hydrogens is 290 g/mol. The molecule has 2 aliphatic heterocycles. The monoisotopic (exact) mass is 313 g/mol. The lowest BCUT2D eigenvalue weighted by molar-refractivity contribution is -0.111. The lowest BCUT2D eigenvalue weighted by Crippen LogP contribution is -2.46. The predicted molar refractivity (Wildman–Crippen MR) is 87.3 cm³/mol. The van der Waals surface area contributed by atoms with Gasteiger partial charge in [0.1, 0.15) is 0 Å². The zero-order valence-electron chi connectivity index (χ0n) is 13.3. The van der Waals surface area contributed by atoms with Gasteiger partial charge >= 0.3 is 0 Å². The van der Waals surface area contributed by atoms with Crippen molar-refractivity contribution in [1.29, 1.82) is 0 Å². The Bertz CT molecular complexity index is 622. The highest BCUT2D eigenvalue weighted by Gasteiger charge is 2.33. The molecular formula is C18H23N3O2. The SMILES string of the molecule is c1ccc(-n2ccc(CN3CCCCC3C3OCCO3)n2)cc1. The number of ether oxygens (including phenoxy) is 2. The Hall–Kier alpha value is -1.69. The molecule has 1 aromatic heterocycles. The van der Waals surface area contributed by atoms with Gasteiger partial charge in [-0.25, -0.2) is 4.68 Å². The summed E-state index contributed by atoms with van der Waals surface area (Å²) in [6.07, 6.45) is 5.60. The molecule has 23 heavy (non-hydrogen) atoms. The number of aromatic nitrogens is 2. The number of benzene rings is 1. The summed E-state index contributed by atoms with van der Waals surface area (Å²) in [5, 5.41) is 4.73. The van der Waals surface area contributed by atoms with E-state index in [0.29, 0.717) is 6.04 Å². The number of para-hydroxylation sites is 1.